The second kappa shape index (κ2) is 13.4. The van der Waals surface area contributed by atoms with Crippen molar-refractivity contribution in [3.63, 3.8) is 0 Å². The van der Waals surface area contributed by atoms with Gasteiger partial charge in [0.05, 0.1) is 0 Å². The quantitative estimate of drug-likeness (QED) is 0.298. The number of hydrogen-bond acceptors (Lipinski definition) is 4. The second-order valence-corrected chi connectivity index (χ2v) is 1.80. The first-order chi connectivity index (χ1) is 2.00. The first kappa shape index (κ1) is 29.8. The Hall–Kier alpha value is 2.81. The summed E-state index contributed by atoms with van der Waals surface area (Å²) in [5, 5.41) is 0. The molecule has 0 aliphatic carbocycles. The molecule has 5 nitrogen and oxygen atoms in total. The van der Waals surface area contributed by atoms with Crippen molar-refractivity contribution < 1.29 is 24.7 Å². The van der Waals surface area contributed by atoms with Crippen LogP contribution in [0.3, 0.4) is 0 Å². The summed E-state index contributed by atoms with van der Waals surface area (Å²) in [4.78, 5) is 29.3. The molecule has 0 bridgehead atoms. The fraction of sp³-hybridized carbons (Fsp3) is 0. The van der Waals surface area contributed by atoms with Crippen molar-refractivity contribution in [2.45, 2.75) is 0 Å². The zero-order valence-electron chi connectivity index (χ0n) is 2.79. The van der Waals surface area contributed by atoms with Crippen LogP contribution in [0.1, 0.15) is 0 Å². The Morgan fingerprint density at radius 1 is 0.889 bits per heavy atom. The van der Waals surface area contributed by atoms with Gasteiger partial charge >= 0.3 is 76.3 Å². The average molecular weight is 210 g/mol. The van der Waals surface area contributed by atoms with Gasteiger partial charge in [0.25, 0.3) is 0 Å². The molecule has 52 valence electrons. The predicted octanol–water partition coefficient (Wildman–Crippen LogP) is -6.18. The van der Waals surface area contributed by atoms with Gasteiger partial charge in [-0.05, 0) is 0 Å². The Balaban J connectivity index is -0.0000000133. The van der Waals surface area contributed by atoms with E-state index in [0.717, 1.165) is 0 Å². The van der Waals surface area contributed by atoms with Crippen molar-refractivity contribution in [2.75, 3.05) is 0 Å². The molecular weight excluding hydrogens is 198 g/mol. The summed E-state index contributed by atoms with van der Waals surface area (Å²) in [6, 6.07) is 0. The van der Waals surface area contributed by atoms with E-state index in [9.17, 15) is 0 Å². The van der Waals surface area contributed by atoms with E-state index in [-0.39, 0.29) is 90.1 Å². The molecule has 9 heteroatoms. The molecular formula is H12AlCaNaO5Si. The van der Waals surface area contributed by atoms with Crippen LogP contribution in [-0.2, 0) is 0 Å². The Morgan fingerprint density at radius 2 is 0.889 bits per heavy atom. The van der Waals surface area contributed by atoms with Gasteiger partial charge in [-0.1, -0.05) is 0 Å². The molecule has 0 aromatic carbocycles. The van der Waals surface area contributed by atoms with Crippen molar-refractivity contribution in [1.82, 2.24) is 0 Å². The van der Waals surface area contributed by atoms with Gasteiger partial charge in [0, 0.05) is 0 Å². The molecule has 0 saturated carbocycles. The fourth-order valence-corrected chi connectivity index (χ4v) is 0. The third kappa shape index (κ3) is 106. The van der Waals surface area contributed by atoms with Crippen LogP contribution < -0.4 is 0 Å². The standard InChI is InChI=1S/Al.Ca.Na.H4O4Si.H2O.6H/c;;;1-5(2,3)4;;;;;;;/h;;;1-4H;1H2;;;;;;. The third-order valence-electron chi connectivity index (χ3n) is 0. The van der Waals surface area contributed by atoms with Crippen molar-refractivity contribution >= 4 is 93.7 Å². The van der Waals surface area contributed by atoms with Gasteiger partial charge in [-0.25, -0.2) is 0 Å². The SMILES string of the molecule is O.O[Si](O)(O)O.[AlH3].[CaH2].[NaH]. The molecule has 0 aromatic heterocycles. The molecule has 0 aliphatic heterocycles. The van der Waals surface area contributed by atoms with Crippen molar-refractivity contribution in [3.05, 3.63) is 0 Å². The fourth-order valence-electron chi connectivity index (χ4n) is 0. The van der Waals surface area contributed by atoms with Crippen molar-refractivity contribution in [3.8, 4) is 0 Å². The van der Waals surface area contributed by atoms with Gasteiger partial charge in [-0.2, -0.15) is 0 Å². The van der Waals surface area contributed by atoms with Crippen LogP contribution in [0, 0.1) is 0 Å². The number of hydrogen-bond donors (Lipinski definition) is 4. The van der Waals surface area contributed by atoms with Gasteiger partial charge in [-0.3, -0.25) is 0 Å². The van der Waals surface area contributed by atoms with E-state index < -0.39 is 9.05 Å². The van der Waals surface area contributed by atoms with Crippen LogP contribution in [0.5, 0.6) is 0 Å². The molecule has 0 rings (SSSR count). The Labute approximate surface area is 116 Å². The first-order valence-electron chi connectivity index (χ1n) is 0.894. The number of rotatable bonds is 0. The Morgan fingerprint density at radius 3 is 0.889 bits per heavy atom. The topological polar surface area (TPSA) is 112 Å². The van der Waals surface area contributed by atoms with Crippen molar-refractivity contribution in [1.29, 1.82) is 0 Å². The molecule has 0 saturated heterocycles. The second-order valence-electron chi connectivity index (χ2n) is 0.600. The van der Waals surface area contributed by atoms with Gasteiger partial charge in [0.15, 0.2) is 17.4 Å². The maximum absolute atomic E-state index is 7.33. The summed E-state index contributed by atoms with van der Waals surface area (Å²) in [6.45, 7) is 0. The van der Waals surface area contributed by atoms with Crippen LogP contribution in [0.15, 0.2) is 0 Å². The third-order valence-corrected chi connectivity index (χ3v) is 0. The molecule has 6 N–H and O–H groups in total. The molecule has 0 spiro atoms. The zero-order chi connectivity index (χ0) is 4.50. The van der Waals surface area contributed by atoms with Crippen LogP contribution >= 0.6 is 0 Å². The summed E-state index contributed by atoms with van der Waals surface area (Å²) in [7, 11) is -4.61. The van der Waals surface area contributed by atoms with Crippen LogP contribution in [0.4, 0.5) is 0 Å². The van der Waals surface area contributed by atoms with Crippen LogP contribution in [0.25, 0.3) is 0 Å². The van der Waals surface area contributed by atoms with E-state index in [1.54, 1.807) is 0 Å². The molecule has 0 aliphatic rings. The Bertz CT molecular complexity index is 32.4. The zero-order valence-corrected chi connectivity index (χ0v) is 3.79. The molecule has 0 atom stereocenters. The monoisotopic (exact) mass is 210 g/mol. The van der Waals surface area contributed by atoms with Gasteiger partial charge in [-0.15, -0.1) is 0 Å². The van der Waals surface area contributed by atoms with Crippen molar-refractivity contribution in [2.24, 2.45) is 0 Å². The van der Waals surface area contributed by atoms with E-state index in [1.807, 2.05) is 0 Å². The van der Waals surface area contributed by atoms with Gasteiger partial charge < -0.3 is 24.7 Å². The molecule has 0 radical (unpaired) electrons. The molecule has 0 amide bonds. The minimum absolute atomic E-state index is 0. The Kier molecular flexibility index (Phi) is 44.3. The van der Waals surface area contributed by atoms with E-state index in [0.29, 0.717) is 0 Å². The summed E-state index contributed by atoms with van der Waals surface area (Å²) >= 11 is 0. The van der Waals surface area contributed by atoms with Gasteiger partial charge in [0.1, 0.15) is 0 Å². The minimum atomic E-state index is -4.61. The van der Waals surface area contributed by atoms with E-state index >= 15 is 0 Å². The molecule has 0 heterocycles. The molecule has 0 unspecified atom stereocenters. The van der Waals surface area contributed by atoms with Crippen LogP contribution in [0.2, 0.25) is 0 Å². The van der Waals surface area contributed by atoms with E-state index in [4.69, 9.17) is 19.2 Å². The average Bonchev–Trinajstić information content (AvgIpc) is 0.722. The van der Waals surface area contributed by atoms with E-state index in [2.05, 4.69) is 0 Å². The molecule has 0 aromatic rings. The normalized spacial score (nSPS) is 6.67. The maximum atomic E-state index is 7.33. The van der Waals surface area contributed by atoms with Crippen LogP contribution in [-0.4, -0.2) is 118 Å². The molecule has 0 fully saturated rings. The molecule has 9 heavy (non-hydrogen) atoms. The predicted molar refractivity (Wildman–Crippen MR) is 43.9 cm³/mol. The van der Waals surface area contributed by atoms with E-state index in [1.165, 1.54) is 0 Å². The summed E-state index contributed by atoms with van der Waals surface area (Å²) < 4.78 is 0. The summed E-state index contributed by atoms with van der Waals surface area (Å²) in [5.41, 5.74) is 0. The first-order valence-corrected chi connectivity index (χ1v) is 2.68. The summed E-state index contributed by atoms with van der Waals surface area (Å²) in [5.74, 6) is 0. The summed E-state index contributed by atoms with van der Waals surface area (Å²) in [6.07, 6.45) is 0. The van der Waals surface area contributed by atoms with Gasteiger partial charge in [0.2, 0.25) is 0 Å².